The lowest BCUT2D eigenvalue weighted by Gasteiger charge is -2.34. The van der Waals surface area contributed by atoms with Gasteiger partial charge in [0.05, 0.1) is 0 Å². The first-order valence-electron chi connectivity index (χ1n) is 8.12. The number of likely N-dealkylation sites (tertiary alicyclic amines) is 1. The molecular formula is C17H23F3N2O2. The summed E-state index contributed by atoms with van der Waals surface area (Å²) < 4.78 is 37.6. The molecule has 4 nitrogen and oxygen atoms in total. The molecule has 0 aliphatic carbocycles. The number of nitrogens with one attached hydrogen (secondary N) is 1. The number of aryl methyl sites for hydroxylation is 2. The van der Waals surface area contributed by atoms with Crippen molar-refractivity contribution < 1.29 is 23.1 Å². The zero-order valence-electron chi connectivity index (χ0n) is 13.9. The van der Waals surface area contributed by atoms with E-state index in [1.807, 2.05) is 32.0 Å². The molecule has 2 N–H and O–H groups in total. The summed E-state index contributed by atoms with van der Waals surface area (Å²) in [7, 11) is 0. The van der Waals surface area contributed by atoms with Gasteiger partial charge in [-0.2, -0.15) is 13.2 Å². The van der Waals surface area contributed by atoms with Gasteiger partial charge in [-0.15, -0.1) is 0 Å². The summed E-state index contributed by atoms with van der Waals surface area (Å²) in [5, 5.41) is 12.1. The number of aliphatic hydroxyl groups is 1. The first kappa shape index (κ1) is 18.6. The number of anilines is 1. The van der Waals surface area contributed by atoms with E-state index in [0.717, 1.165) is 17.5 Å². The number of carbonyl (C=O) groups is 1. The second-order valence-corrected chi connectivity index (χ2v) is 6.24. The van der Waals surface area contributed by atoms with E-state index in [1.54, 1.807) is 0 Å². The van der Waals surface area contributed by atoms with Crippen molar-refractivity contribution in [2.24, 2.45) is 5.92 Å². The van der Waals surface area contributed by atoms with Crippen LogP contribution in [0.2, 0.25) is 0 Å². The van der Waals surface area contributed by atoms with Gasteiger partial charge in [0.25, 0.3) is 0 Å². The van der Waals surface area contributed by atoms with Gasteiger partial charge in [-0.3, -0.25) is 0 Å². The SMILES string of the molecule is CCc1cc(NC(=O)N2CCC(C(O)C(F)(F)F)CC2)ccc1C. The van der Waals surface area contributed by atoms with E-state index in [1.165, 1.54) is 4.90 Å². The quantitative estimate of drug-likeness (QED) is 0.878. The Morgan fingerprint density at radius 2 is 2.00 bits per heavy atom. The Morgan fingerprint density at radius 3 is 2.54 bits per heavy atom. The average molecular weight is 344 g/mol. The van der Waals surface area contributed by atoms with E-state index in [-0.39, 0.29) is 32.0 Å². The Balaban J connectivity index is 1.91. The number of rotatable bonds is 3. The summed E-state index contributed by atoms with van der Waals surface area (Å²) in [6.45, 7) is 4.44. The largest absolute Gasteiger partial charge is 0.414 e. The Labute approximate surface area is 139 Å². The smallest absolute Gasteiger partial charge is 0.383 e. The molecule has 2 rings (SSSR count). The molecular weight excluding hydrogens is 321 g/mol. The third-order valence-electron chi connectivity index (χ3n) is 4.59. The molecule has 1 aromatic carbocycles. The molecule has 1 unspecified atom stereocenters. The van der Waals surface area contributed by atoms with E-state index < -0.39 is 18.2 Å². The molecule has 7 heteroatoms. The van der Waals surface area contributed by atoms with Crippen LogP contribution < -0.4 is 5.32 Å². The molecule has 1 atom stereocenters. The zero-order chi connectivity index (χ0) is 17.9. The van der Waals surface area contributed by atoms with Crippen LogP contribution in [0.15, 0.2) is 18.2 Å². The maximum Gasteiger partial charge on any atom is 0.414 e. The molecule has 1 aromatic rings. The van der Waals surface area contributed by atoms with Crippen molar-refractivity contribution in [3.05, 3.63) is 29.3 Å². The molecule has 1 aliphatic heterocycles. The fraction of sp³-hybridized carbons (Fsp3) is 0.588. The van der Waals surface area contributed by atoms with Gasteiger partial charge in [0.2, 0.25) is 0 Å². The molecule has 0 radical (unpaired) electrons. The number of hydrogen-bond acceptors (Lipinski definition) is 2. The first-order chi connectivity index (χ1) is 11.2. The summed E-state index contributed by atoms with van der Waals surface area (Å²) in [6.07, 6.45) is -5.78. The molecule has 1 fully saturated rings. The van der Waals surface area contributed by atoms with Gasteiger partial charge in [-0.1, -0.05) is 13.0 Å². The minimum atomic E-state index is -4.60. The van der Waals surface area contributed by atoms with Crippen LogP contribution in [-0.4, -0.2) is 41.4 Å². The van der Waals surface area contributed by atoms with Gasteiger partial charge in [0.1, 0.15) is 0 Å². The average Bonchev–Trinajstić information content (AvgIpc) is 2.55. The Hall–Kier alpha value is -1.76. The second kappa shape index (κ2) is 7.42. The minimum absolute atomic E-state index is 0.141. The predicted molar refractivity (Wildman–Crippen MR) is 85.9 cm³/mol. The summed E-state index contributed by atoms with van der Waals surface area (Å²) in [6, 6.07) is 5.33. The highest BCUT2D eigenvalue weighted by molar-refractivity contribution is 5.89. The Bertz CT molecular complexity index is 582. The van der Waals surface area contributed by atoms with Crippen LogP contribution in [0.5, 0.6) is 0 Å². The lowest BCUT2D eigenvalue weighted by atomic mass is 9.91. The maximum absolute atomic E-state index is 12.5. The Morgan fingerprint density at radius 1 is 1.38 bits per heavy atom. The van der Waals surface area contributed by atoms with E-state index >= 15 is 0 Å². The standard InChI is InChI=1S/C17H23F3N2O2/c1-3-12-10-14(5-4-11(12)2)21-16(24)22-8-6-13(7-9-22)15(23)17(18,19)20/h4-5,10,13,15,23H,3,6-9H2,1-2H3,(H,21,24). The Kier molecular flexibility index (Phi) is 5.74. The number of halogens is 3. The van der Waals surface area contributed by atoms with Crippen molar-refractivity contribution in [2.45, 2.75) is 45.4 Å². The number of carbonyl (C=O) groups excluding carboxylic acids is 1. The third-order valence-corrected chi connectivity index (χ3v) is 4.59. The molecule has 1 saturated heterocycles. The highest BCUT2D eigenvalue weighted by atomic mass is 19.4. The van der Waals surface area contributed by atoms with Gasteiger partial charge in [-0.25, -0.2) is 4.79 Å². The molecule has 24 heavy (non-hydrogen) atoms. The molecule has 2 amide bonds. The summed E-state index contributed by atoms with van der Waals surface area (Å²) >= 11 is 0. The number of piperidine rings is 1. The van der Waals surface area contributed by atoms with Gasteiger partial charge in [0.15, 0.2) is 6.10 Å². The molecule has 1 heterocycles. The lowest BCUT2D eigenvalue weighted by Crippen LogP contribution is -2.46. The number of hydrogen-bond donors (Lipinski definition) is 2. The van der Waals surface area contributed by atoms with Crippen molar-refractivity contribution >= 4 is 11.7 Å². The monoisotopic (exact) mass is 344 g/mol. The van der Waals surface area contributed by atoms with Crippen molar-refractivity contribution in [2.75, 3.05) is 18.4 Å². The fourth-order valence-corrected chi connectivity index (χ4v) is 3.02. The van der Waals surface area contributed by atoms with E-state index in [0.29, 0.717) is 5.69 Å². The summed E-state index contributed by atoms with van der Waals surface area (Å²) in [5.74, 6) is -0.847. The van der Waals surface area contributed by atoms with Crippen molar-refractivity contribution in [1.82, 2.24) is 4.90 Å². The van der Waals surface area contributed by atoms with Gasteiger partial charge in [-0.05, 0) is 55.4 Å². The first-order valence-corrected chi connectivity index (χ1v) is 8.12. The number of alkyl halides is 3. The van der Waals surface area contributed by atoms with Crippen LogP contribution in [0, 0.1) is 12.8 Å². The van der Waals surface area contributed by atoms with Crippen molar-refractivity contribution in [1.29, 1.82) is 0 Å². The molecule has 0 aromatic heterocycles. The normalized spacial score (nSPS) is 17.7. The second-order valence-electron chi connectivity index (χ2n) is 6.24. The van der Waals surface area contributed by atoms with Gasteiger partial charge >= 0.3 is 12.2 Å². The molecule has 1 aliphatic rings. The van der Waals surface area contributed by atoms with Crippen molar-refractivity contribution in [3.8, 4) is 0 Å². The van der Waals surface area contributed by atoms with Crippen LogP contribution in [0.4, 0.5) is 23.7 Å². The number of urea groups is 1. The molecule has 134 valence electrons. The topological polar surface area (TPSA) is 52.6 Å². The number of nitrogens with zero attached hydrogens (tertiary/aromatic N) is 1. The zero-order valence-corrected chi connectivity index (χ0v) is 13.9. The summed E-state index contributed by atoms with van der Waals surface area (Å²) in [4.78, 5) is 13.7. The van der Waals surface area contributed by atoms with Crippen LogP contribution >= 0.6 is 0 Å². The van der Waals surface area contributed by atoms with E-state index in [9.17, 15) is 23.1 Å². The van der Waals surface area contributed by atoms with Crippen LogP contribution in [0.3, 0.4) is 0 Å². The fourth-order valence-electron chi connectivity index (χ4n) is 3.02. The van der Waals surface area contributed by atoms with E-state index in [2.05, 4.69) is 5.32 Å². The van der Waals surface area contributed by atoms with Crippen LogP contribution in [-0.2, 0) is 6.42 Å². The van der Waals surface area contributed by atoms with Crippen LogP contribution in [0.25, 0.3) is 0 Å². The van der Waals surface area contributed by atoms with Gasteiger partial charge in [0, 0.05) is 18.8 Å². The van der Waals surface area contributed by atoms with Crippen molar-refractivity contribution in [3.63, 3.8) is 0 Å². The predicted octanol–water partition coefficient (Wildman–Crippen LogP) is 3.72. The van der Waals surface area contributed by atoms with Crippen LogP contribution in [0.1, 0.15) is 30.9 Å². The maximum atomic E-state index is 12.5. The molecule has 0 spiro atoms. The van der Waals surface area contributed by atoms with Gasteiger partial charge < -0.3 is 15.3 Å². The highest BCUT2D eigenvalue weighted by Crippen LogP contribution is 2.31. The number of benzene rings is 1. The highest BCUT2D eigenvalue weighted by Gasteiger charge is 2.44. The van der Waals surface area contributed by atoms with E-state index in [4.69, 9.17) is 0 Å². The lowest BCUT2D eigenvalue weighted by molar-refractivity contribution is -0.222. The summed E-state index contributed by atoms with van der Waals surface area (Å²) in [5.41, 5.74) is 2.97. The number of aliphatic hydroxyl groups excluding tert-OH is 1. The minimum Gasteiger partial charge on any atom is -0.383 e. The molecule has 0 bridgehead atoms. The number of amides is 2. The molecule has 0 saturated carbocycles. The third kappa shape index (κ3) is 4.41.